The number of benzene rings is 4. The molecular formula is C24H16Cl4O2P+. The van der Waals surface area contributed by atoms with Crippen LogP contribution in [0.4, 0.5) is 0 Å². The van der Waals surface area contributed by atoms with Crippen molar-refractivity contribution in [3.8, 4) is 11.5 Å². The number of hydrogen-bond acceptors (Lipinski definition) is 2. The summed E-state index contributed by atoms with van der Waals surface area (Å²) in [4.78, 5) is 0. The molecule has 0 aromatic heterocycles. The second-order valence-electron chi connectivity index (χ2n) is 6.64. The number of rotatable bonds is 5. The van der Waals surface area contributed by atoms with Crippen molar-refractivity contribution in [2.24, 2.45) is 0 Å². The summed E-state index contributed by atoms with van der Waals surface area (Å²) in [5.74, 6) is -0.255. The van der Waals surface area contributed by atoms with Crippen LogP contribution >= 0.6 is 53.9 Å². The van der Waals surface area contributed by atoms with E-state index in [0.29, 0.717) is 0 Å². The van der Waals surface area contributed by atoms with E-state index in [1.165, 1.54) is 0 Å². The molecule has 0 heterocycles. The maximum absolute atomic E-state index is 10.2. The third-order valence-corrected chi connectivity index (χ3v) is 9.97. The average Bonchev–Trinajstić information content (AvgIpc) is 2.83. The summed E-state index contributed by atoms with van der Waals surface area (Å²) >= 11 is 25.5. The van der Waals surface area contributed by atoms with Gasteiger partial charge in [0.1, 0.15) is 36.0 Å². The quantitative estimate of drug-likeness (QED) is 0.226. The molecule has 0 unspecified atom stereocenters. The Balaban J connectivity index is 2.08. The lowest BCUT2D eigenvalue weighted by atomic mass is 10.3. The van der Waals surface area contributed by atoms with Crippen LogP contribution in [0.15, 0.2) is 91.0 Å². The van der Waals surface area contributed by atoms with Gasteiger partial charge >= 0.3 is 0 Å². The molecular weight excluding hydrogens is 493 g/mol. The molecule has 7 heteroatoms. The first-order valence-electron chi connectivity index (χ1n) is 9.27. The van der Waals surface area contributed by atoms with Gasteiger partial charge in [-0.2, -0.15) is 0 Å². The van der Waals surface area contributed by atoms with E-state index in [4.69, 9.17) is 50.9 Å². The first-order valence-corrected chi connectivity index (χ1v) is 12.5. The van der Waals surface area contributed by atoms with Gasteiger partial charge in [-0.05, 0) is 36.4 Å². The summed E-state index contributed by atoms with van der Waals surface area (Å²) in [6.45, 7) is 0. The monoisotopic (exact) mass is 507 g/mol. The third-order valence-electron chi connectivity index (χ3n) is 4.79. The predicted molar refractivity (Wildman–Crippen MR) is 134 cm³/mol. The highest BCUT2D eigenvalue weighted by molar-refractivity contribution is 7.92. The molecule has 0 radical (unpaired) electrons. The zero-order valence-corrected chi connectivity index (χ0v) is 19.9. The Labute approximate surface area is 201 Å². The minimum atomic E-state index is -2.75. The van der Waals surface area contributed by atoms with E-state index in [2.05, 4.69) is 0 Å². The normalized spacial score (nSPS) is 11.4. The van der Waals surface area contributed by atoms with Crippen LogP contribution in [0.3, 0.4) is 0 Å². The van der Waals surface area contributed by atoms with E-state index in [1.54, 1.807) is 0 Å². The average molecular weight is 509 g/mol. The van der Waals surface area contributed by atoms with Crippen molar-refractivity contribution in [2.75, 3.05) is 0 Å². The van der Waals surface area contributed by atoms with Crippen LogP contribution in [0.25, 0.3) is 0 Å². The Hall–Kier alpha value is -1.93. The van der Waals surface area contributed by atoms with Crippen LogP contribution in [0.1, 0.15) is 0 Å². The minimum absolute atomic E-state index is 0.000681. The number of phenolic OH excluding ortho intramolecular Hbond substituents is 1. The SMILES string of the molecule is Oc1c(Cl)c(Cl)c(O[P+](c2ccccc2)(c2ccccc2)c2ccccc2)c(Cl)c1Cl. The van der Waals surface area contributed by atoms with Gasteiger partial charge in [-0.1, -0.05) is 101 Å². The second kappa shape index (κ2) is 9.28. The topological polar surface area (TPSA) is 29.5 Å². The third kappa shape index (κ3) is 4.00. The van der Waals surface area contributed by atoms with Crippen molar-refractivity contribution in [1.82, 2.24) is 0 Å². The van der Waals surface area contributed by atoms with E-state index in [9.17, 15) is 5.11 Å². The fourth-order valence-corrected chi connectivity index (χ4v) is 7.79. The summed E-state index contributed by atoms with van der Waals surface area (Å²) < 4.78 is 6.81. The van der Waals surface area contributed by atoms with Crippen LogP contribution in [0, 0.1) is 0 Å². The molecule has 0 aliphatic rings. The molecule has 0 saturated heterocycles. The van der Waals surface area contributed by atoms with Crippen molar-refractivity contribution in [3.63, 3.8) is 0 Å². The molecule has 0 aliphatic carbocycles. The minimum Gasteiger partial charge on any atom is -0.505 e. The number of hydrogen-bond donors (Lipinski definition) is 1. The van der Waals surface area contributed by atoms with E-state index in [-0.39, 0.29) is 31.6 Å². The smallest absolute Gasteiger partial charge is 0.287 e. The van der Waals surface area contributed by atoms with Gasteiger partial charge in [0, 0.05) is 0 Å². The fourth-order valence-electron chi connectivity index (χ4n) is 3.34. The Morgan fingerprint density at radius 1 is 0.516 bits per heavy atom. The zero-order valence-electron chi connectivity index (χ0n) is 16.0. The largest absolute Gasteiger partial charge is 0.505 e. The molecule has 0 fully saturated rings. The molecule has 1 N–H and O–H groups in total. The van der Waals surface area contributed by atoms with Gasteiger partial charge < -0.3 is 9.63 Å². The van der Waals surface area contributed by atoms with E-state index in [1.807, 2.05) is 91.0 Å². The molecule has 0 saturated carbocycles. The molecule has 156 valence electrons. The highest BCUT2D eigenvalue weighted by Crippen LogP contribution is 2.60. The van der Waals surface area contributed by atoms with Gasteiger partial charge in [-0.15, -0.1) is 0 Å². The summed E-state index contributed by atoms with van der Waals surface area (Å²) in [7, 11) is -2.75. The summed E-state index contributed by atoms with van der Waals surface area (Å²) in [6, 6.07) is 29.7. The first-order chi connectivity index (χ1) is 15.0. The van der Waals surface area contributed by atoms with Gasteiger partial charge in [0.25, 0.3) is 7.49 Å². The molecule has 2 nitrogen and oxygen atoms in total. The summed E-state index contributed by atoms with van der Waals surface area (Å²) in [5.41, 5.74) is 0. The van der Waals surface area contributed by atoms with E-state index in [0.717, 1.165) is 15.9 Å². The van der Waals surface area contributed by atoms with Crippen molar-refractivity contribution in [2.45, 2.75) is 0 Å². The van der Waals surface area contributed by atoms with Crippen LogP contribution in [-0.4, -0.2) is 5.11 Å². The van der Waals surface area contributed by atoms with Crippen LogP contribution in [0.2, 0.25) is 20.1 Å². The van der Waals surface area contributed by atoms with Gasteiger partial charge in [-0.3, -0.25) is 0 Å². The van der Waals surface area contributed by atoms with Crippen LogP contribution in [-0.2, 0) is 0 Å². The molecule has 0 atom stereocenters. The Morgan fingerprint density at radius 2 is 0.839 bits per heavy atom. The van der Waals surface area contributed by atoms with E-state index < -0.39 is 7.49 Å². The fraction of sp³-hybridized carbons (Fsp3) is 0. The summed E-state index contributed by atoms with van der Waals surface area (Å²) in [6.07, 6.45) is 0. The molecule has 31 heavy (non-hydrogen) atoms. The predicted octanol–water partition coefficient (Wildman–Crippen LogP) is 7.29. The maximum Gasteiger partial charge on any atom is 0.287 e. The van der Waals surface area contributed by atoms with E-state index >= 15 is 0 Å². The van der Waals surface area contributed by atoms with Gasteiger partial charge in [0.2, 0.25) is 5.75 Å². The standard InChI is InChI=1S/C24H15Cl4O2P/c25-19-21(27)24(22(28)20(26)23(19)29)30-31(16-10-4-1-5-11-16,17-12-6-2-7-13-17)18-14-8-3-9-15-18/h1-15H/p+1. The molecule has 0 aliphatic heterocycles. The molecule has 4 aromatic carbocycles. The highest BCUT2D eigenvalue weighted by Gasteiger charge is 2.50. The number of phenols is 1. The zero-order chi connectivity index (χ0) is 22.0. The van der Waals surface area contributed by atoms with Gasteiger partial charge in [0.05, 0.1) is 0 Å². The van der Waals surface area contributed by atoms with Crippen molar-refractivity contribution in [3.05, 3.63) is 111 Å². The molecule has 4 aromatic rings. The van der Waals surface area contributed by atoms with Gasteiger partial charge in [-0.25, -0.2) is 0 Å². The second-order valence-corrected chi connectivity index (χ2v) is 11.1. The molecule has 0 bridgehead atoms. The molecule has 0 spiro atoms. The first kappa shape index (κ1) is 22.3. The van der Waals surface area contributed by atoms with Gasteiger partial charge in [0.15, 0.2) is 5.75 Å². The number of halogens is 4. The summed E-state index contributed by atoms with van der Waals surface area (Å²) in [5, 5.41) is 12.8. The lowest BCUT2D eigenvalue weighted by molar-refractivity contribution is 0.474. The Morgan fingerprint density at radius 3 is 1.16 bits per heavy atom. The van der Waals surface area contributed by atoms with Crippen LogP contribution < -0.4 is 20.4 Å². The Bertz CT molecular complexity index is 1080. The van der Waals surface area contributed by atoms with Crippen molar-refractivity contribution in [1.29, 1.82) is 0 Å². The highest BCUT2D eigenvalue weighted by atomic mass is 35.5. The Kier molecular flexibility index (Phi) is 6.67. The number of aromatic hydroxyl groups is 1. The van der Waals surface area contributed by atoms with Crippen molar-refractivity contribution >= 4 is 69.8 Å². The van der Waals surface area contributed by atoms with Crippen molar-refractivity contribution < 1.29 is 9.63 Å². The molecule has 0 amide bonds. The van der Waals surface area contributed by atoms with Crippen LogP contribution in [0.5, 0.6) is 11.5 Å². The maximum atomic E-state index is 10.2. The molecule has 4 rings (SSSR count). The lowest BCUT2D eigenvalue weighted by Gasteiger charge is -2.27. The lowest BCUT2D eigenvalue weighted by Crippen LogP contribution is -2.35.